The normalized spacial score (nSPS) is 18.3. The Morgan fingerprint density at radius 2 is 2.21 bits per heavy atom. The van der Waals surface area contributed by atoms with Crippen LogP contribution in [0, 0.1) is 6.92 Å². The molecule has 1 aliphatic rings. The van der Waals surface area contributed by atoms with Crippen molar-refractivity contribution in [3.05, 3.63) is 17.0 Å². The van der Waals surface area contributed by atoms with Crippen LogP contribution >= 0.6 is 0 Å². The van der Waals surface area contributed by atoms with Crippen LogP contribution in [0.5, 0.6) is 0 Å². The van der Waals surface area contributed by atoms with Crippen LogP contribution in [-0.4, -0.2) is 31.3 Å². The molecule has 1 aliphatic heterocycles. The monoisotopic (exact) mass is 266 g/mol. The molecule has 2 rings (SSSR count). The first-order chi connectivity index (χ1) is 9.13. The van der Waals surface area contributed by atoms with E-state index in [1.54, 1.807) is 0 Å². The largest absolute Gasteiger partial charge is 0.469 e. The Kier molecular flexibility index (Phi) is 4.58. The van der Waals surface area contributed by atoms with Gasteiger partial charge < -0.3 is 14.6 Å². The van der Waals surface area contributed by atoms with Gasteiger partial charge in [-0.1, -0.05) is 12.1 Å². The molecule has 0 radical (unpaired) electrons. The summed E-state index contributed by atoms with van der Waals surface area (Å²) in [5, 5.41) is 7.59. The number of piperidine rings is 1. The Labute approximate surface area is 113 Å². The molecule has 106 valence electrons. The van der Waals surface area contributed by atoms with Gasteiger partial charge in [-0.2, -0.15) is 0 Å². The summed E-state index contributed by atoms with van der Waals surface area (Å²) in [7, 11) is 1.41. The lowest BCUT2D eigenvalue weighted by Gasteiger charge is -2.21. The fourth-order valence-electron chi connectivity index (χ4n) is 2.72. The molecule has 0 spiro atoms. The third-order valence-electron chi connectivity index (χ3n) is 3.87. The first kappa shape index (κ1) is 14.1. The second-order valence-corrected chi connectivity index (χ2v) is 5.26. The van der Waals surface area contributed by atoms with E-state index in [9.17, 15) is 4.79 Å². The molecular weight excluding hydrogens is 244 g/mol. The molecule has 0 saturated carbocycles. The lowest BCUT2D eigenvalue weighted by molar-refractivity contribution is -0.141. The van der Waals surface area contributed by atoms with Gasteiger partial charge >= 0.3 is 5.97 Å². The van der Waals surface area contributed by atoms with E-state index in [0.29, 0.717) is 12.3 Å². The zero-order valence-corrected chi connectivity index (χ0v) is 11.9. The number of nitrogens with one attached hydrogen (secondary N) is 1. The lowest BCUT2D eigenvalue weighted by atomic mass is 9.90. The van der Waals surface area contributed by atoms with Gasteiger partial charge in [0.15, 0.2) is 0 Å². The second kappa shape index (κ2) is 6.19. The first-order valence-electron chi connectivity index (χ1n) is 6.87. The van der Waals surface area contributed by atoms with Gasteiger partial charge in [0.2, 0.25) is 0 Å². The maximum Gasteiger partial charge on any atom is 0.306 e. The number of hydrogen-bond donors (Lipinski definition) is 1. The molecule has 0 amide bonds. The average Bonchev–Trinajstić information content (AvgIpc) is 2.81. The Morgan fingerprint density at radius 1 is 1.53 bits per heavy atom. The van der Waals surface area contributed by atoms with Crippen molar-refractivity contribution in [2.45, 2.75) is 44.9 Å². The number of carbonyl (C=O) groups is 1. The van der Waals surface area contributed by atoms with E-state index in [4.69, 9.17) is 9.26 Å². The van der Waals surface area contributed by atoms with Crippen LogP contribution in [0.25, 0.3) is 0 Å². The number of esters is 1. The molecule has 19 heavy (non-hydrogen) atoms. The van der Waals surface area contributed by atoms with Crippen LogP contribution in [-0.2, 0) is 9.53 Å². The quantitative estimate of drug-likeness (QED) is 0.846. The van der Waals surface area contributed by atoms with Gasteiger partial charge in [0, 0.05) is 17.4 Å². The molecule has 2 heterocycles. The highest BCUT2D eigenvalue weighted by molar-refractivity contribution is 5.70. The van der Waals surface area contributed by atoms with Crippen LogP contribution in [0.3, 0.4) is 0 Å². The average molecular weight is 266 g/mol. The molecule has 5 nitrogen and oxygen atoms in total. The minimum absolute atomic E-state index is 0.00964. The van der Waals surface area contributed by atoms with E-state index in [1.165, 1.54) is 7.11 Å². The fourth-order valence-corrected chi connectivity index (χ4v) is 2.72. The summed E-state index contributed by atoms with van der Waals surface area (Å²) in [6.07, 6.45) is 2.52. The summed E-state index contributed by atoms with van der Waals surface area (Å²) in [6.45, 7) is 6.07. The highest BCUT2D eigenvalue weighted by Crippen LogP contribution is 2.32. The molecule has 1 aromatic heterocycles. The highest BCUT2D eigenvalue weighted by Gasteiger charge is 2.26. The molecule has 0 aliphatic carbocycles. The topological polar surface area (TPSA) is 64.4 Å². The van der Waals surface area contributed by atoms with E-state index in [-0.39, 0.29) is 11.9 Å². The number of nitrogens with zero attached hydrogens (tertiary/aromatic N) is 1. The molecular formula is C14H22N2O3. The van der Waals surface area contributed by atoms with Crippen LogP contribution in [0.1, 0.15) is 55.0 Å². The summed E-state index contributed by atoms with van der Waals surface area (Å²) in [6, 6.07) is 0. The Balaban J connectivity index is 2.10. The first-order valence-corrected chi connectivity index (χ1v) is 6.87. The fraction of sp³-hybridized carbons (Fsp3) is 0.714. The summed E-state index contributed by atoms with van der Waals surface area (Å²) in [5.41, 5.74) is 2.16. The SMILES string of the molecule is COC(=O)CC(C)c1onc(C2CCNCC2)c1C. The lowest BCUT2D eigenvalue weighted by Crippen LogP contribution is -2.27. The minimum Gasteiger partial charge on any atom is -0.469 e. The zero-order valence-electron chi connectivity index (χ0n) is 11.9. The van der Waals surface area contributed by atoms with E-state index in [1.807, 2.05) is 13.8 Å². The second-order valence-electron chi connectivity index (χ2n) is 5.26. The predicted octanol–water partition coefficient (Wildman–Crippen LogP) is 2.12. The summed E-state index contributed by atoms with van der Waals surface area (Å²) in [5.74, 6) is 1.09. The van der Waals surface area contributed by atoms with Crippen molar-refractivity contribution in [2.24, 2.45) is 0 Å². The molecule has 1 unspecified atom stereocenters. The van der Waals surface area contributed by atoms with Crippen molar-refractivity contribution in [1.82, 2.24) is 10.5 Å². The van der Waals surface area contributed by atoms with Gasteiger partial charge in [-0.3, -0.25) is 4.79 Å². The number of rotatable bonds is 4. The summed E-state index contributed by atoms with van der Waals surface area (Å²) < 4.78 is 10.2. The van der Waals surface area contributed by atoms with Crippen molar-refractivity contribution in [3.8, 4) is 0 Å². The third-order valence-corrected chi connectivity index (χ3v) is 3.87. The van der Waals surface area contributed by atoms with Crippen LogP contribution < -0.4 is 5.32 Å². The summed E-state index contributed by atoms with van der Waals surface area (Å²) in [4.78, 5) is 11.3. The van der Waals surface area contributed by atoms with Gasteiger partial charge in [-0.25, -0.2) is 0 Å². The van der Waals surface area contributed by atoms with Crippen LogP contribution in [0.4, 0.5) is 0 Å². The molecule has 1 N–H and O–H groups in total. The van der Waals surface area contributed by atoms with Crippen molar-refractivity contribution in [3.63, 3.8) is 0 Å². The molecule has 1 fully saturated rings. The van der Waals surface area contributed by atoms with Gasteiger partial charge in [-0.15, -0.1) is 0 Å². The predicted molar refractivity (Wildman–Crippen MR) is 71.1 cm³/mol. The maximum absolute atomic E-state index is 11.3. The summed E-state index contributed by atoms with van der Waals surface area (Å²) >= 11 is 0. The van der Waals surface area contributed by atoms with Gasteiger partial charge in [0.05, 0.1) is 19.2 Å². The molecule has 0 bridgehead atoms. The smallest absolute Gasteiger partial charge is 0.306 e. The number of ether oxygens (including phenoxy) is 1. The van der Waals surface area contributed by atoms with E-state index >= 15 is 0 Å². The molecule has 0 aromatic carbocycles. The van der Waals surface area contributed by atoms with Gasteiger partial charge in [0.25, 0.3) is 0 Å². The van der Waals surface area contributed by atoms with E-state index in [2.05, 4.69) is 10.5 Å². The molecule has 5 heteroatoms. The van der Waals surface area contributed by atoms with Gasteiger partial charge in [-0.05, 0) is 32.9 Å². The number of aromatic nitrogens is 1. The van der Waals surface area contributed by atoms with Crippen molar-refractivity contribution in [2.75, 3.05) is 20.2 Å². The zero-order chi connectivity index (χ0) is 13.8. The number of carbonyl (C=O) groups excluding carboxylic acids is 1. The van der Waals surface area contributed by atoms with Crippen molar-refractivity contribution < 1.29 is 14.1 Å². The minimum atomic E-state index is -0.216. The van der Waals surface area contributed by atoms with Gasteiger partial charge in [0.1, 0.15) is 5.76 Å². The van der Waals surface area contributed by atoms with Crippen LogP contribution in [0.2, 0.25) is 0 Å². The standard InChI is InChI=1S/C14H22N2O3/c1-9(8-12(17)18-3)14-10(2)13(16-19-14)11-4-6-15-7-5-11/h9,11,15H,4-8H2,1-3H3. The molecule has 1 atom stereocenters. The van der Waals surface area contributed by atoms with E-state index < -0.39 is 0 Å². The molecule has 1 aromatic rings. The third kappa shape index (κ3) is 3.15. The highest BCUT2D eigenvalue weighted by atomic mass is 16.5. The maximum atomic E-state index is 11.3. The number of hydrogen-bond acceptors (Lipinski definition) is 5. The van der Waals surface area contributed by atoms with E-state index in [0.717, 1.165) is 42.9 Å². The van der Waals surface area contributed by atoms with Crippen LogP contribution in [0.15, 0.2) is 4.52 Å². The Bertz CT molecular complexity index is 436. The Morgan fingerprint density at radius 3 is 2.84 bits per heavy atom. The molecule has 1 saturated heterocycles. The Hall–Kier alpha value is -1.36. The van der Waals surface area contributed by atoms with Crippen molar-refractivity contribution >= 4 is 5.97 Å². The van der Waals surface area contributed by atoms with Crippen molar-refractivity contribution in [1.29, 1.82) is 0 Å². The number of methoxy groups -OCH3 is 1.